The van der Waals surface area contributed by atoms with Crippen LogP contribution in [-0.2, 0) is 21.4 Å². The molecule has 7 heteroatoms. The maximum Gasteiger partial charge on any atom is 0.241 e. The zero-order valence-corrected chi connectivity index (χ0v) is 16.3. The molecule has 2 aromatic carbocycles. The van der Waals surface area contributed by atoms with Crippen molar-refractivity contribution in [1.29, 1.82) is 0 Å². The maximum absolute atomic E-state index is 12.4. The molecule has 0 saturated carbocycles. The molecular weight excluding hydrogens is 362 g/mol. The van der Waals surface area contributed by atoms with Gasteiger partial charge in [0.15, 0.2) is 0 Å². The first-order valence-electron chi connectivity index (χ1n) is 9.04. The highest BCUT2D eigenvalue weighted by Crippen LogP contribution is 2.11. The highest BCUT2D eigenvalue weighted by molar-refractivity contribution is 7.89. The molecule has 1 fully saturated rings. The summed E-state index contributed by atoms with van der Waals surface area (Å²) >= 11 is 0. The summed E-state index contributed by atoms with van der Waals surface area (Å²) in [6.07, 6.45) is 0. The molecule has 2 aromatic rings. The van der Waals surface area contributed by atoms with Crippen molar-refractivity contribution in [3.63, 3.8) is 0 Å². The van der Waals surface area contributed by atoms with Crippen molar-refractivity contribution < 1.29 is 13.2 Å². The Hall–Kier alpha value is -2.22. The fraction of sp³-hybridized carbons (Fsp3) is 0.350. The largest absolute Gasteiger partial charge is 0.339 e. The summed E-state index contributed by atoms with van der Waals surface area (Å²) in [5.74, 6) is -0.190. The van der Waals surface area contributed by atoms with Gasteiger partial charge in [-0.3, -0.25) is 9.69 Å². The SMILES string of the molecule is Cc1ccc(S(=O)(=O)NCC(=O)N2CCN(Cc3ccccc3)CC2)cc1. The van der Waals surface area contributed by atoms with Gasteiger partial charge in [0.2, 0.25) is 15.9 Å². The highest BCUT2D eigenvalue weighted by atomic mass is 32.2. The lowest BCUT2D eigenvalue weighted by atomic mass is 10.2. The summed E-state index contributed by atoms with van der Waals surface area (Å²) in [4.78, 5) is 16.6. The van der Waals surface area contributed by atoms with Gasteiger partial charge in [-0.25, -0.2) is 13.1 Å². The first kappa shape index (κ1) is 19.5. The molecule has 1 N–H and O–H groups in total. The van der Waals surface area contributed by atoms with Crippen LogP contribution < -0.4 is 4.72 Å². The second-order valence-electron chi connectivity index (χ2n) is 6.78. The van der Waals surface area contributed by atoms with E-state index in [1.54, 1.807) is 29.2 Å². The minimum Gasteiger partial charge on any atom is -0.339 e. The van der Waals surface area contributed by atoms with Gasteiger partial charge < -0.3 is 4.90 Å². The summed E-state index contributed by atoms with van der Waals surface area (Å²) in [7, 11) is -3.67. The molecule has 0 aromatic heterocycles. The summed E-state index contributed by atoms with van der Waals surface area (Å²) in [6, 6.07) is 16.8. The lowest BCUT2D eigenvalue weighted by molar-refractivity contribution is -0.131. The molecule has 0 spiro atoms. The molecule has 1 heterocycles. The second kappa shape index (κ2) is 8.65. The molecule has 1 saturated heterocycles. The van der Waals surface area contributed by atoms with Crippen molar-refractivity contribution in [3.05, 3.63) is 65.7 Å². The van der Waals surface area contributed by atoms with Gasteiger partial charge in [-0.05, 0) is 24.6 Å². The lowest BCUT2D eigenvalue weighted by Gasteiger charge is -2.34. The Bertz CT molecular complexity index is 859. The van der Waals surface area contributed by atoms with E-state index in [0.29, 0.717) is 13.1 Å². The van der Waals surface area contributed by atoms with E-state index in [-0.39, 0.29) is 17.3 Å². The predicted molar refractivity (Wildman–Crippen MR) is 105 cm³/mol. The Labute approximate surface area is 160 Å². The number of piperazine rings is 1. The Morgan fingerprint density at radius 1 is 0.963 bits per heavy atom. The van der Waals surface area contributed by atoms with Gasteiger partial charge in [0.1, 0.15) is 0 Å². The number of nitrogens with zero attached hydrogens (tertiary/aromatic N) is 2. The zero-order chi connectivity index (χ0) is 19.3. The average Bonchev–Trinajstić information content (AvgIpc) is 2.68. The van der Waals surface area contributed by atoms with Gasteiger partial charge in [-0.1, -0.05) is 48.0 Å². The van der Waals surface area contributed by atoms with Crippen LogP contribution in [0.2, 0.25) is 0 Å². The number of nitrogens with one attached hydrogen (secondary N) is 1. The standard InChI is InChI=1S/C20H25N3O3S/c1-17-7-9-19(10-8-17)27(25,26)21-15-20(24)23-13-11-22(12-14-23)16-18-5-3-2-4-6-18/h2-10,21H,11-16H2,1H3. The number of aryl methyl sites for hydroxylation is 1. The molecule has 144 valence electrons. The third-order valence-corrected chi connectivity index (χ3v) is 6.14. The van der Waals surface area contributed by atoms with Crippen LogP contribution in [0, 0.1) is 6.92 Å². The average molecular weight is 388 g/mol. The summed E-state index contributed by atoms with van der Waals surface area (Å²) < 4.78 is 27.0. The Balaban J connectivity index is 1.47. The fourth-order valence-corrected chi connectivity index (χ4v) is 4.04. The van der Waals surface area contributed by atoms with Crippen molar-refractivity contribution in [2.75, 3.05) is 32.7 Å². The van der Waals surface area contributed by atoms with Crippen molar-refractivity contribution in [2.45, 2.75) is 18.4 Å². The van der Waals surface area contributed by atoms with Crippen molar-refractivity contribution in [3.8, 4) is 0 Å². The minimum absolute atomic E-state index is 0.175. The number of sulfonamides is 1. The number of hydrogen-bond donors (Lipinski definition) is 1. The van der Waals surface area contributed by atoms with E-state index >= 15 is 0 Å². The van der Waals surface area contributed by atoms with Crippen LogP contribution in [0.1, 0.15) is 11.1 Å². The van der Waals surface area contributed by atoms with Crippen LogP contribution >= 0.6 is 0 Å². The van der Waals surface area contributed by atoms with Gasteiger partial charge in [0.05, 0.1) is 11.4 Å². The van der Waals surface area contributed by atoms with Crippen LogP contribution in [0.15, 0.2) is 59.5 Å². The molecule has 1 aliphatic heterocycles. The quantitative estimate of drug-likeness (QED) is 0.818. The number of benzene rings is 2. The smallest absolute Gasteiger partial charge is 0.241 e. The number of rotatable bonds is 6. The molecule has 27 heavy (non-hydrogen) atoms. The van der Waals surface area contributed by atoms with E-state index in [0.717, 1.165) is 25.2 Å². The van der Waals surface area contributed by atoms with Crippen molar-refractivity contribution >= 4 is 15.9 Å². The van der Waals surface area contributed by atoms with Crippen LogP contribution in [0.25, 0.3) is 0 Å². The summed E-state index contributed by atoms with van der Waals surface area (Å²) in [5.41, 5.74) is 2.24. The van der Waals surface area contributed by atoms with E-state index in [2.05, 4.69) is 21.8 Å². The van der Waals surface area contributed by atoms with Crippen molar-refractivity contribution in [2.24, 2.45) is 0 Å². The maximum atomic E-state index is 12.4. The minimum atomic E-state index is -3.67. The van der Waals surface area contributed by atoms with Crippen molar-refractivity contribution in [1.82, 2.24) is 14.5 Å². The van der Waals surface area contributed by atoms with Gasteiger partial charge in [0.25, 0.3) is 0 Å². The van der Waals surface area contributed by atoms with Crippen LogP contribution in [0.4, 0.5) is 0 Å². The topological polar surface area (TPSA) is 69.7 Å². The molecule has 3 rings (SSSR count). The van der Waals surface area contributed by atoms with Gasteiger partial charge in [-0.15, -0.1) is 0 Å². The molecule has 6 nitrogen and oxygen atoms in total. The molecule has 1 aliphatic rings. The highest BCUT2D eigenvalue weighted by Gasteiger charge is 2.23. The van der Waals surface area contributed by atoms with E-state index in [4.69, 9.17) is 0 Å². The molecule has 0 unspecified atom stereocenters. The van der Waals surface area contributed by atoms with Gasteiger partial charge in [-0.2, -0.15) is 0 Å². The van der Waals surface area contributed by atoms with Gasteiger partial charge >= 0.3 is 0 Å². The Kier molecular flexibility index (Phi) is 6.26. The Morgan fingerprint density at radius 3 is 2.22 bits per heavy atom. The number of amides is 1. The molecule has 0 radical (unpaired) electrons. The first-order valence-corrected chi connectivity index (χ1v) is 10.5. The predicted octanol–water partition coefficient (Wildman–Crippen LogP) is 1.62. The Morgan fingerprint density at radius 2 is 1.59 bits per heavy atom. The summed E-state index contributed by atoms with van der Waals surface area (Å²) in [6.45, 7) is 5.33. The molecule has 0 bridgehead atoms. The van der Waals surface area contributed by atoms with E-state index < -0.39 is 10.0 Å². The molecule has 1 amide bonds. The number of hydrogen-bond acceptors (Lipinski definition) is 4. The van der Waals surface area contributed by atoms with Gasteiger partial charge in [0, 0.05) is 32.7 Å². The van der Waals surface area contributed by atoms with Crippen LogP contribution in [0.5, 0.6) is 0 Å². The second-order valence-corrected chi connectivity index (χ2v) is 8.55. The van der Waals surface area contributed by atoms with E-state index in [9.17, 15) is 13.2 Å². The lowest BCUT2D eigenvalue weighted by Crippen LogP contribution is -2.50. The number of carbonyl (C=O) groups is 1. The summed E-state index contributed by atoms with van der Waals surface area (Å²) in [5, 5.41) is 0. The fourth-order valence-electron chi connectivity index (χ4n) is 3.07. The molecular formula is C20H25N3O3S. The van der Waals surface area contributed by atoms with E-state index in [1.165, 1.54) is 5.56 Å². The first-order chi connectivity index (χ1) is 12.9. The third kappa shape index (κ3) is 5.38. The molecule has 0 aliphatic carbocycles. The third-order valence-electron chi connectivity index (χ3n) is 4.72. The molecule has 0 atom stereocenters. The van der Waals surface area contributed by atoms with Crippen LogP contribution in [0.3, 0.4) is 0 Å². The van der Waals surface area contributed by atoms with E-state index in [1.807, 2.05) is 25.1 Å². The zero-order valence-electron chi connectivity index (χ0n) is 15.5. The normalized spacial score (nSPS) is 15.7. The monoisotopic (exact) mass is 387 g/mol. The van der Waals surface area contributed by atoms with Crippen LogP contribution in [-0.4, -0.2) is 56.8 Å². The number of carbonyl (C=O) groups excluding carboxylic acids is 1.